The first kappa shape index (κ1) is 17.8. The van der Waals surface area contributed by atoms with E-state index < -0.39 is 29.0 Å². The molecule has 1 fully saturated rings. The summed E-state index contributed by atoms with van der Waals surface area (Å²) in [5.41, 5.74) is -0.397. The Morgan fingerprint density at radius 3 is 2.46 bits per heavy atom. The van der Waals surface area contributed by atoms with Gasteiger partial charge in [0.05, 0.1) is 5.56 Å². The molecule has 0 N–H and O–H groups in total. The third kappa shape index (κ3) is 3.21. The van der Waals surface area contributed by atoms with Crippen LogP contribution in [0.4, 0.5) is 17.6 Å². The zero-order valence-corrected chi connectivity index (χ0v) is 14.3. The monoisotopic (exact) mass is 344 g/mol. The normalized spacial score (nSPS) is 28.8. The van der Waals surface area contributed by atoms with Gasteiger partial charge in [-0.1, -0.05) is 51.5 Å². The summed E-state index contributed by atoms with van der Waals surface area (Å²) in [4.78, 5) is 0. The Bertz CT molecular complexity index is 579. The fourth-order valence-electron chi connectivity index (χ4n) is 4.70. The van der Waals surface area contributed by atoms with Crippen molar-refractivity contribution in [3.05, 3.63) is 34.9 Å². The molecule has 136 valence electrons. The molecule has 0 aliphatic heterocycles. The van der Waals surface area contributed by atoms with Crippen molar-refractivity contribution in [3.8, 4) is 0 Å². The average Bonchev–Trinajstić information content (AvgIpc) is 2.83. The van der Waals surface area contributed by atoms with Crippen molar-refractivity contribution < 1.29 is 19.0 Å². The standard InChI is InChI=1S/C20H26F4.H2/c1-2-3-4-5-13-6-8-14(9-7-13)16-12-15-10-11-17(21)19(22)18(15)20(16,23)24;/h10-11,13-14,16H,2-9,12H2,1H3;1H. The third-order valence-corrected chi connectivity index (χ3v) is 6.10. The molecule has 0 radical (unpaired) electrons. The van der Waals surface area contributed by atoms with E-state index in [1.807, 2.05) is 0 Å². The van der Waals surface area contributed by atoms with Gasteiger partial charge in [0.15, 0.2) is 11.6 Å². The largest absolute Gasteiger partial charge is 0.279 e. The van der Waals surface area contributed by atoms with Crippen molar-refractivity contribution in [1.29, 1.82) is 0 Å². The van der Waals surface area contributed by atoms with Crippen LogP contribution in [-0.4, -0.2) is 0 Å². The predicted molar refractivity (Wildman–Crippen MR) is 89.2 cm³/mol. The second-order valence-electron chi connectivity index (χ2n) is 7.61. The van der Waals surface area contributed by atoms with Crippen LogP contribution in [0.3, 0.4) is 0 Å². The maximum absolute atomic E-state index is 14.8. The van der Waals surface area contributed by atoms with E-state index in [-0.39, 0.29) is 19.3 Å². The van der Waals surface area contributed by atoms with Crippen LogP contribution >= 0.6 is 0 Å². The number of hydrogen-bond acceptors (Lipinski definition) is 0. The van der Waals surface area contributed by atoms with Gasteiger partial charge in [-0.15, -0.1) is 0 Å². The van der Waals surface area contributed by atoms with Crippen LogP contribution in [0, 0.1) is 29.4 Å². The lowest BCUT2D eigenvalue weighted by Crippen LogP contribution is -2.31. The number of hydrogen-bond donors (Lipinski definition) is 0. The molecule has 0 aromatic heterocycles. The molecule has 0 bridgehead atoms. The maximum Gasteiger partial charge on any atom is 0.279 e. The molecule has 0 saturated heterocycles. The minimum Gasteiger partial charge on any atom is -0.204 e. The Morgan fingerprint density at radius 2 is 1.79 bits per heavy atom. The molecule has 4 heteroatoms. The molecule has 0 nitrogen and oxygen atoms in total. The number of fused-ring (bicyclic) bond motifs is 1. The highest BCUT2D eigenvalue weighted by atomic mass is 19.3. The fraction of sp³-hybridized carbons (Fsp3) is 0.700. The van der Waals surface area contributed by atoms with E-state index in [1.165, 1.54) is 31.7 Å². The highest BCUT2D eigenvalue weighted by molar-refractivity contribution is 5.39. The number of halogens is 4. The van der Waals surface area contributed by atoms with Gasteiger partial charge in [0.25, 0.3) is 5.92 Å². The predicted octanol–water partition coefficient (Wildman–Crippen LogP) is 6.86. The minimum absolute atomic E-state index is 0. The molecule has 1 aromatic carbocycles. The number of rotatable bonds is 5. The molecular weight excluding hydrogens is 316 g/mol. The smallest absolute Gasteiger partial charge is 0.204 e. The zero-order valence-electron chi connectivity index (χ0n) is 14.3. The van der Waals surface area contributed by atoms with Crippen LogP contribution in [-0.2, 0) is 12.3 Å². The lowest BCUT2D eigenvalue weighted by atomic mass is 9.72. The van der Waals surface area contributed by atoms with Crippen LogP contribution in [0.15, 0.2) is 12.1 Å². The van der Waals surface area contributed by atoms with E-state index in [0.29, 0.717) is 5.92 Å². The first-order valence-corrected chi connectivity index (χ1v) is 9.30. The molecule has 1 saturated carbocycles. The van der Waals surface area contributed by atoms with Crippen LogP contribution in [0.25, 0.3) is 0 Å². The number of unbranched alkanes of at least 4 members (excludes halogenated alkanes) is 2. The highest BCUT2D eigenvalue weighted by Gasteiger charge is 2.53. The van der Waals surface area contributed by atoms with Crippen LogP contribution in [0.1, 0.15) is 70.8 Å². The van der Waals surface area contributed by atoms with Crippen LogP contribution < -0.4 is 0 Å². The summed E-state index contributed by atoms with van der Waals surface area (Å²) in [6.07, 6.45) is 8.59. The molecule has 2 aliphatic carbocycles. The first-order valence-electron chi connectivity index (χ1n) is 9.30. The Hall–Kier alpha value is -1.06. The van der Waals surface area contributed by atoms with Crippen molar-refractivity contribution in [1.82, 2.24) is 0 Å². The Morgan fingerprint density at radius 1 is 1.08 bits per heavy atom. The zero-order chi connectivity index (χ0) is 17.3. The molecule has 0 amide bonds. The van der Waals surface area contributed by atoms with Gasteiger partial charge in [-0.25, -0.2) is 17.6 Å². The summed E-state index contributed by atoms with van der Waals surface area (Å²) in [6, 6.07) is 2.30. The summed E-state index contributed by atoms with van der Waals surface area (Å²) in [7, 11) is 0. The van der Waals surface area contributed by atoms with E-state index >= 15 is 0 Å². The molecule has 3 rings (SSSR count). The lowest BCUT2D eigenvalue weighted by Gasteiger charge is -2.35. The molecular formula is C20H28F4. The van der Waals surface area contributed by atoms with E-state index in [1.54, 1.807) is 0 Å². The van der Waals surface area contributed by atoms with Gasteiger partial charge in [0, 0.05) is 7.34 Å². The Labute approximate surface area is 143 Å². The molecule has 24 heavy (non-hydrogen) atoms. The minimum atomic E-state index is -3.25. The Balaban J connectivity index is 0.00000225. The summed E-state index contributed by atoms with van der Waals surface area (Å²) in [5, 5.41) is 0. The molecule has 1 aromatic rings. The number of benzene rings is 1. The number of alkyl halides is 2. The van der Waals surface area contributed by atoms with Crippen LogP contribution in [0.2, 0.25) is 0 Å². The van der Waals surface area contributed by atoms with Gasteiger partial charge in [0.1, 0.15) is 0 Å². The molecule has 0 heterocycles. The Kier molecular flexibility index (Phi) is 5.22. The van der Waals surface area contributed by atoms with Crippen molar-refractivity contribution in [2.75, 3.05) is 0 Å². The van der Waals surface area contributed by atoms with E-state index in [9.17, 15) is 17.6 Å². The van der Waals surface area contributed by atoms with E-state index in [4.69, 9.17) is 0 Å². The molecule has 1 atom stereocenters. The molecule has 0 spiro atoms. The third-order valence-electron chi connectivity index (χ3n) is 6.10. The van der Waals surface area contributed by atoms with Gasteiger partial charge >= 0.3 is 0 Å². The molecule has 2 aliphatic rings. The van der Waals surface area contributed by atoms with Gasteiger partial charge in [-0.05, 0) is 42.7 Å². The van der Waals surface area contributed by atoms with E-state index in [0.717, 1.165) is 31.7 Å². The van der Waals surface area contributed by atoms with E-state index in [2.05, 4.69) is 6.92 Å². The second-order valence-corrected chi connectivity index (χ2v) is 7.61. The topological polar surface area (TPSA) is 0 Å². The highest BCUT2D eigenvalue weighted by Crippen LogP contribution is 2.53. The van der Waals surface area contributed by atoms with Crippen LogP contribution in [0.5, 0.6) is 0 Å². The van der Waals surface area contributed by atoms with Crippen molar-refractivity contribution >= 4 is 0 Å². The summed E-state index contributed by atoms with van der Waals surface area (Å²) >= 11 is 0. The second kappa shape index (κ2) is 7.05. The van der Waals surface area contributed by atoms with Crippen molar-refractivity contribution in [2.24, 2.45) is 17.8 Å². The molecule has 1 unspecified atom stereocenters. The summed E-state index contributed by atoms with van der Waals surface area (Å²) < 4.78 is 56.8. The van der Waals surface area contributed by atoms with Gasteiger partial charge in [-0.3, -0.25) is 0 Å². The van der Waals surface area contributed by atoms with Gasteiger partial charge in [0.2, 0.25) is 0 Å². The fourth-order valence-corrected chi connectivity index (χ4v) is 4.70. The first-order chi connectivity index (χ1) is 11.4. The van der Waals surface area contributed by atoms with Gasteiger partial charge in [-0.2, -0.15) is 0 Å². The van der Waals surface area contributed by atoms with Gasteiger partial charge < -0.3 is 0 Å². The van der Waals surface area contributed by atoms with Crippen molar-refractivity contribution in [3.63, 3.8) is 0 Å². The summed E-state index contributed by atoms with van der Waals surface area (Å²) in [6.45, 7) is 2.18. The maximum atomic E-state index is 14.8. The average molecular weight is 344 g/mol. The van der Waals surface area contributed by atoms with Crippen molar-refractivity contribution in [2.45, 2.75) is 70.6 Å². The SMILES string of the molecule is CCCCCC1CCC(C2Cc3ccc(F)c(F)c3C2(F)F)CC1.[HH]. The quantitative estimate of drug-likeness (QED) is 0.404. The summed E-state index contributed by atoms with van der Waals surface area (Å²) in [5.74, 6) is -6.08. The lowest BCUT2D eigenvalue weighted by molar-refractivity contribution is -0.0843.